The van der Waals surface area contributed by atoms with Gasteiger partial charge < -0.3 is 10.2 Å². The van der Waals surface area contributed by atoms with Crippen LogP contribution in [-0.4, -0.2) is 42.0 Å². The number of hydrogen-bond donors (Lipinski definition) is 1. The third kappa shape index (κ3) is 4.42. The van der Waals surface area contributed by atoms with Gasteiger partial charge in [-0.1, -0.05) is 32.4 Å². The molecule has 0 saturated carbocycles. The molecule has 0 spiro atoms. The summed E-state index contributed by atoms with van der Waals surface area (Å²) >= 11 is 6.07. The summed E-state index contributed by atoms with van der Waals surface area (Å²) < 4.78 is 0. The second-order valence-corrected chi connectivity index (χ2v) is 7.28. The van der Waals surface area contributed by atoms with E-state index in [9.17, 15) is 4.79 Å². The number of carbonyl (C=O) groups is 1. The third-order valence-corrected chi connectivity index (χ3v) is 3.98. The third-order valence-electron chi connectivity index (χ3n) is 3.78. The van der Waals surface area contributed by atoms with Gasteiger partial charge in [0, 0.05) is 29.3 Å². The van der Waals surface area contributed by atoms with Gasteiger partial charge in [0.05, 0.1) is 0 Å². The number of likely N-dealkylation sites (tertiary alicyclic amines) is 1. The van der Waals surface area contributed by atoms with E-state index in [1.54, 1.807) is 6.07 Å². The van der Waals surface area contributed by atoms with E-state index < -0.39 is 0 Å². The standard InChI is InChI=1S/C16H24ClN3O/c1-16(2,3)13-8-11(9-14(17)19-13)15(21)18-12-6-5-7-20(4)10-12/h8-9,12H,5-7,10H2,1-4H3,(H,18,21). The highest BCUT2D eigenvalue weighted by Crippen LogP contribution is 2.23. The fraction of sp³-hybridized carbons (Fsp3) is 0.625. The molecule has 2 heterocycles. The van der Waals surface area contributed by atoms with Crippen molar-refractivity contribution >= 4 is 17.5 Å². The van der Waals surface area contributed by atoms with Gasteiger partial charge in [0.25, 0.3) is 5.91 Å². The van der Waals surface area contributed by atoms with Crippen molar-refractivity contribution in [3.05, 3.63) is 28.5 Å². The number of carbonyl (C=O) groups excluding carboxylic acids is 1. The number of amides is 1. The van der Waals surface area contributed by atoms with E-state index in [1.807, 2.05) is 6.07 Å². The van der Waals surface area contributed by atoms with Gasteiger partial charge in [-0.05, 0) is 38.6 Å². The first-order valence-corrected chi connectivity index (χ1v) is 7.81. The van der Waals surface area contributed by atoms with Crippen molar-refractivity contribution in [2.75, 3.05) is 20.1 Å². The number of nitrogens with one attached hydrogen (secondary N) is 1. The number of likely N-dealkylation sites (N-methyl/N-ethyl adjacent to an activating group) is 1. The highest BCUT2D eigenvalue weighted by atomic mass is 35.5. The topological polar surface area (TPSA) is 45.2 Å². The van der Waals surface area contributed by atoms with E-state index >= 15 is 0 Å². The summed E-state index contributed by atoms with van der Waals surface area (Å²) in [6.07, 6.45) is 2.15. The van der Waals surface area contributed by atoms with Gasteiger partial charge in [-0.25, -0.2) is 4.98 Å². The van der Waals surface area contributed by atoms with Crippen LogP contribution in [-0.2, 0) is 5.41 Å². The van der Waals surface area contributed by atoms with Gasteiger partial charge in [0.1, 0.15) is 5.15 Å². The van der Waals surface area contributed by atoms with E-state index in [0.29, 0.717) is 10.7 Å². The van der Waals surface area contributed by atoms with Gasteiger partial charge in [0.15, 0.2) is 0 Å². The first-order valence-electron chi connectivity index (χ1n) is 7.43. The Balaban J connectivity index is 2.13. The van der Waals surface area contributed by atoms with Crippen molar-refractivity contribution in [3.63, 3.8) is 0 Å². The zero-order valence-electron chi connectivity index (χ0n) is 13.2. The molecule has 0 aromatic carbocycles. The first kappa shape index (κ1) is 16.2. The largest absolute Gasteiger partial charge is 0.348 e. The Morgan fingerprint density at radius 1 is 1.43 bits per heavy atom. The monoisotopic (exact) mass is 309 g/mol. The van der Waals surface area contributed by atoms with Crippen molar-refractivity contribution in [1.82, 2.24) is 15.2 Å². The normalized spacial score (nSPS) is 20.3. The summed E-state index contributed by atoms with van der Waals surface area (Å²) in [5, 5.41) is 3.47. The predicted octanol–water partition coefficient (Wildman–Crippen LogP) is 2.86. The number of piperidine rings is 1. The van der Waals surface area contributed by atoms with E-state index in [4.69, 9.17) is 11.6 Å². The van der Waals surface area contributed by atoms with Crippen molar-refractivity contribution < 1.29 is 4.79 Å². The summed E-state index contributed by atoms with van der Waals surface area (Å²) in [6.45, 7) is 8.18. The second-order valence-electron chi connectivity index (χ2n) is 6.89. The van der Waals surface area contributed by atoms with Crippen LogP contribution in [0.4, 0.5) is 0 Å². The predicted molar refractivity (Wildman–Crippen MR) is 85.9 cm³/mol. The zero-order chi connectivity index (χ0) is 15.6. The summed E-state index contributed by atoms with van der Waals surface area (Å²) in [6, 6.07) is 3.69. The van der Waals surface area contributed by atoms with Crippen LogP contribution in [0.1, 0.15) is 49.7 Å². The maximum Gasteiger partial charge on any atom is 0.251 e. The van der Waals surface area contributed by atoms with Gasteiger partial charge >= 0.3 is 0 Å². The summed E-state index contributed by atoms with van der Waals surface area (Å²) in [5.41, 5.74) is 1.29. The molecule has 1 atom stereocenters. The van der Waals surface area contributed by atoms with Crippen LogP contribution in [0.15, 0.2) is 12.1 Å². The van der Waals surface area contributed by atoms with Crippen molar-refractivity contribution in [3.8, 4) is 0 Å². The fourth-order valence-electron chi connectivity index (χ4n) is 2.57. The molecule has 1 saturated heterocycles. The molecule has 1 N–H and O–H groups in total. The molecule has 1 aliphatic heterocycles. The fourth-order valence-corrected chi connectivity index (χ4v) is 2.77. The molecule has 1 aliphatic rings. The van der Waals surface area contributed by atoms with Crippen LogP contribution in [0.3, 0.4) is 0 Å². The number of aromatic nitrogens is 1. The molecule has 1 amide bonds. The molecule has 0 radical (unpaired) electrons. The number of pyridine rings is 1. The second kappa shape index (κ2) is 6.32. The van der Waals surface area contributed by atoms with Gasteiger partial charge in [-0.2, -0.15) is 0 Å². The molecule has 1 aromatic heterocycles. The molecule has 1 fully saturated rings. The Morgan fingerprint density at radius 3 is 2.76 bits per heavy atom. The minimum Gasteiger partial charge on any atom is -0.348 e. The molecule has 0 aliphatic carbocycles. The molecule has 1 unspecified atom stereocenters. The highest BCUT2D eigenvalue weighted by Gasteiger charge is 2.22. The Bertz CT molecular complexity index is 525. The van der Waals surface area contributed by atoms with Crippen LogP contribution >= 0.6 is 11.6 Å². The molecule has 0 bridgehead atoms. The molecular formula is C16H24ClN3O. The van der Waals surface area contributed by atoms with E-state index in [2.05, 4.69) is 43.0 Å². The summed E-state index contributed by atoms with van der Waals surface area (Å²) in [4.78, 5) is 19.0. The summed E-state index contributed by atoms with van der Waals surface area (Å²) in [7, 11) is 2.08. The van der Waals surface area contributed by atoms with Crippen molar-refractivity contribution in [2.45, 2.75) is 45.1 Å². The maximum absolute atomic E-state index is 12.4. The van der Waals surface area contributed by atoms with E-state index in [-0.39, 0.29) is 17.4 Å². The van der Waals surface area contributed by atoms with Gasteiger partial charge in [0.2, 0.25) is 0 Å². The van der Waals surface area contributed by atoms with Crippen molar-refractivity contribution in [2.24, 2.45) is 0 Å². The van der Waals surface area contributed by atoms with Gasteiger partial charge in [-0.3, -0.25) is 4.79 Å². The Labute approximate surface area is 131 Å². The minimum absolute atomic E-state index is 0.0647. The molecular weight excluding hydrogens is 286 g/mol. The first-order chi connectivity index (χ1) is 9.75. The Morgan fingerprint density at radius 2 is 2.14 bits per heavy atom. The van der Waals surface area contributed by atoms with Crippen LogP contribution in [0.25, 0.3) is 0 Å². The lowest BCUT2D eigenvalue weighted by atomic mass is 9.91. The van der Waals surface area contributed by atoms with Crippen molar-refractivity contribution in [1.29, 1.82) is 0 Å². The molecule has 116 valence electrons. The molecule has 4 nitrogen and oxygen atoms in total. The Hall–Kier alpha value is -1.13. The SMILES string of the molecule is CN1CCCC(NC(=O)c2cc(Cl)nc(C(C)(C)C)c2)C1. The molecule has 1 aromatic rings. The van der Waals surface area contributed by atoms with Crippen LogP contribution in [0, 0.1) is 0 Å². The number of hydrogen-bond acceptors (Lipinski definition) is 3. The van der Waals surface area contributed by atoms with Crippen LogP contribution in [0.2, 0.25) is 5.15 Å². The lowest BCUT2D eigenvalue weighted by Crippen LogP contribution is -2.46. The molecule has 2 rings (SSSR count). The number of rotatable bonds is 2. The lowest BCUT2D eigenvalue weighted by molar-refractivity contribution is 0.0912. The average Bonchev–Trinajstić information content (AvgIpc) is 2.37. The Kier molecular flexibility index (Phi) is 4.89. The smallest absolute Gasteiger partial charge is 0.251 e. The van der Waals surface area contributed by atoms with E-state index in [1.165, 1.54) is 0 Å². The highest BCUT2D eigenvalue weighted by molar-refractivity contribution is 6.29. The minimum atomic E-state index is -0.134. The molecule has 21 heavy (non-hydrogen) atoms. The average molecular weight is 310 g/mol. The number of halogens is 1. The van der Waals surface area contributed by atoms with Crippen LogP contribution in [0.5, 0.6) is 0 Å². The van der Waals surface area contributed by atoms with Gasteiger partial charge in [-0.15, -0.1) is 0 Å². The molecule has 5 heteroatoms. The van der Waals surface area contributed by atoms with Crippen LogP contribution < -0.4 is 5.32 Å². The quantitative estimate of drug-likeness (QED) is 0.854. The van der Waals surface area contributed by atoms with E-state index in [0.717, 1.165) is 31.6 Å². The summed E-state index contributed by atoms with van der Waals surface area (Å²) in [5.74, 6) is -0.0647. The zero-order valence-corrected chi connectivity index (χ0v) is 14.0. The maximum atomic E-state index is 12.4. The number of nitrogens with zero attached hydrogens (tertiary/aromatic N) is 2. The lowest BCUT2D eigenvalue weighted by Gasteiger charge is -2.30.